The second-order valence-corrected chi connectivity index (χ2v) is 4.95. The molecule has 0 amide bonds. The molecule has 1 aromatic rings. The summed E-state index contributed by atoms with van der Waals surface area (Å²) in [5.74, 6) is 0. The summed E-state index contributed by atoms with van der Waals surface area (Å²) in [5.41, 5.74) is 0.872. The van der Waals surface area contributed by atoms with Crippen molar-refractivity contribution in [3.05, 3.63) is 29.8 Å². The Morgan fingerprint density at radius 2 is 2.00 bits per heavy atom. The average molecular weight is 236 g/mol. The lowest BCUT2D eigenvalue weighted by Crippen LogP contribution is -2.14. The van der Waals surface area contributed by atoms with E-state index in [9.17, 15) is 8.42 Å². The molecule has 6 heteroatoms. The second-order valence-electron chi connectivity index (χ2n) is 2.64. The highest BCUT2D eigenvalue weighted by atomic mass is 35.5. The molecular weight excluding hydrogens is 226 g/mol. The maximum Gasteiger partial charge on any atom is 0.246 e. The minimum absolute atomic E-state index is 0.221. The largest absolute Gasteiger partial charge is 0.392 e. The molecular formula is C8H10ClNO3S. The third kappa shape index (κ3) is 2.87. The van der Waals surface area contributed by atoms with Gasteiger partial charge in [-0.2, -0.15) is 0 Å². The summed E-state index contributed by atoms with van der Waals surface area (Å²) >= 11 is 5.23. The van der Waals surface area contributed by atoms with E-state index in [2.05, 4.69) is 4.72 Å². The molecule has 0 spiro atoms. The number of sulfonamides is 1. The first-order valence-corrected chi connectivity index (χ1v) is 6.03. The van der Waals surface area contributed by atoms with E-state index in [1.165, 1.54) is 0 Å². The number of hydrogen-bond donors (Lipinski definition) is 2. The van der Waals surface area contributed by atoms with Crippen molar-refractivity contribution in [2.45, 2.75) is 6.61 Å². The van der Waals surface area contributed by atoms with Crippen molar-refractivity contribution in [2.24, 2.45) is 0 Å². The van der Waals surface area contributed by atoms with Crippen molar-refractivity contribution in [3.8, 4) is 0 Å². The number of halogens is 1. The molecule has 0 saturated heterocycles. The topological polar surface area (TPSA) is 66.4 Å². The van der Waals surface area contributed by atoms with Gasteiger partial charge in [0.25, 0.3) is 0 Å². The standard InChI is InChI=1S/C8H10ClNO3S/c9-6-14(12,13)10-8-4-2-1-3-7(8)5-11/h1-4,10-11H,5-6H2. The molecule has 0 radical (unpaired) electrons. The number of nitrogens with one attached hydrogen (secondary N) is 1. The summed E-state index contributed by atoms with van der Waals surface area (Å²) in [6.07, 6.45) is 0. The van der Waals surface area contributed by atoms with Crippen LogP contribution in [0.3, 0.4) is 0 Å². The number of benzene rings is 1. The molecule has 4 nitrogen and oxygen atoms in total. The molecule has 0 fully saturated rings. The normalized spacial score (nSPS) is 11.3. The number of para-hydroxylation sites is 1. The number of aliphatic hydroxyl groups excluding tert-OH is 1. The van der Waals surface area contributed by atoms with E-state index in [1.54, 1.807) is 24.3 Å². The first kappa shape index (κ1) is 11.3. The highest BCUT2D eigenvalue weighted by Crippen LogP contribution is 2.16. The van der Waals surface area contributed by atoms with E-state index < -0.39 is 15.2 Å². The minimum atomic E-state index is -3.50. The molecule has 2 N–H and O–H groups in total. The van der Waals surface area contributed by atoms with Gasteiger partial charge in [-0.15, -0.1) is 11.6 Å². The highest BCUT2D eigenvalue weighted by Gasteiger charge is 2.09. The van der Waals surface area contributed by atoms with E-state index >= 15 is 0 Å². The van der Waals surface area contributed by atoms with Crippen molar-refractivity contribution in [1.82, 2.24) is 0 Å². The van der Waals surface area contributed by atoms with Crippen LogP contribution in [0, 0.1) is 0 Å². The summed E-state index contributed by atoms with van der Waals surface area (Å²) in [6, 6.07) is 6.58. The lowest BCUT2D eigenvalue weighted by molar-refractivity contribution is 0.282. The van der Waals surface area contributed by atoms with E-state index in [0.717, 1.165) is 0 Å². The van der Waals surface area contributed by atoms with Crippen molar-refractivity contribution >= 4 is 27.3 Å². The molecule has 0 unspecified atom stereocenters. The Balaban J connectivity index is 2.97. The summed E-state index contributed by atoms with van der Waals surface area (Å²) in [4.78, 5) is 0. The molecule has 1 aromatic carbocycles. The summed E-state index contributed by atoms with van der Waals surface area (Å²) in [6.45, 7) is -0.221. The lowest BCUT2D eigenvalue weighted by Gasteiger charge is -2.08. The zero-order valence-corrected chi connectivity index (χ0v) is 8.85. The maximum absolute atomic E-state index is 11.1. The SMILES string of the molecule is O=S(=O)(CCl)Nc1ccccc1CO. The Labute approximate surface area is 87.6 Å². The smallest absolute Gasteiger partial charge is 0.246 e. The van der Waals surface area contributed by atoms with Gasteiger partial charge in [-0.3, -0.25) is 4.72 Å². The molecule has 0 bridgehead atoms. The first-order chi connectivity index (χ1) is 6.59. The van der Waals surface area contributed by atoms with Gasteiger partial charge in [0.05, 0.1) is 12.3 Å². The van der Waals surface area contributed by atoms with Crippen molar-refractivity contribution in [1.29, 1.82) is 0 Å². The number of anilines is 1. The molecule has 0 heterocycles. The molecule has 0 saturated carbocycles. The number of hydrogen-bond acceptors (Lipinski definition) is 3. The third-order valence-corrected chi connectivity index (χ3v) is 3.28. The molecule has 1 rings (SSSR count). The number of rotatable bonds is 4. The minimum Gasteiger partial charge on any atom is -0.392 e. The zero-order chi connectivity index (χ0) is 10.6. The van der Waals surface area contributed by atoms with Gasteiger partial charge in [-0.05, 0) is 6.07 Å². The quantitative estimate of drug-likeness (QED) is 0.769. The Morgan fingerprint density at radius 1 is 1.36 bits per heavy atom. The van der Waals surface area contributed by atoms with Gasteiger partial charge in [0.15, 0.2) is 0 Å². The first-order valence-electron chi connectivity index (χ1n) is 3.84. The molecule has 78 valence electrons. The summed E-state index contributed by atoms with van der Waals surface area (Å²) in [5, 5.41) is 8.41. The zero-order valence-electron chi connectivity index (χ0n) is 7.27. The molecule has 0 aliphatic rings. The van der Waals surface area contributed by atoms with Gasteiger partial charge in [-0.25, -0.2) is 8.42 Å². The Kier molecular flexibility index (Phi) is 3.74. The van der Waals surface area contributed by atoms with Crippen LogP contribution in [-0.2, 0) is 16.6 Å². The Morgan fingerprint density at radius 3 is 2.57 bits per heavy atom. The van der Waals surface area contributed by atoms with Gasteiger partial charge in [0.2, 0.25) is 10.0 Å². The molecule has 0 aliphatic carbocycles. The van der Waals surface area contributed by atoms with Gasteiger partial charge >= 0.3 is 0 Å². The van der Waals surface area contributed by atoms with Crippen molar-refractivity contribution in [2.75, 3.05) is 9.93 Å². The number of alkyl halides is 1. The van der Waals surface area contributed by atoms with Crippen LogP contribution < -0.4 is 4.72 Å². The Bertz CT molecular complexity index is 405. The summed E-state index contributed by atoms with van der Waals surface area (Å²) < 4.78 is 24.5. The van der Waals surface area contributed by atoms with Crippen LogP contribution in [-0.4, -0.2) is 18.7 Å². The van der Waals surface area contributed by atoms with Gasteiger partial charge in [0, 0.05) is 5.56 Å². The highest BCUT2D eigenvalue weighted by molar-refractivity contribution is 7.93. The lowest BCUT2D eigenvalue weighted by atomic mass is 10.2. The van der Waals surface area contributed by atoms with Crippen LogP contribution in [0.1, 0.15) is 5.56 Å². The van der Waals surface area contributed by atoms with E-state index in [0.29, 0.717) is 11.3 Å². The van der Waals surface area contributed by atoms with Gasteiger partial charge in [-0.1, -0.05) is 18.2 Å². The summed E-state index contributed by atoms with van der Waals surface area (Å²) in [7, 11) is -3.50. The van der Waals surface area contributed by atoms with E-state index in [-0.39, 0.29) is 6.61 Å². The van der Waals surface area contributed by atoms with Crippen molar-refractivity contribution in [3.63, 3.8) is 0 Å². The van der Waals surface area contributed by atoms with Crippen LogP contribution in [0.25, 0.3) is 0 Å². The monoisotopic (exact) mass is 235 g/mol. The maximum atomic E-state index is 11.1. The number of aliphatic hydroxyl groups is 1. The Hall–Kier alpha value is -0.780. The van der Waals surface area contributed by atoms with Gasteiger partial charge < -0.3 is 5.11 Å². The second kappa shape index (κ2) is 4.63. The molecule has 0 atom stereocenters. The fraction of sp³-hybridized carbons (Fsp3) is 0.250. The van der Waals surface area contributed by atoms with Crippen LogP contribution in [0.15, 0.2) is 24.3 Å². The van der Waals surface area contributed by atoms with E-state index in [1.807, 2.05) is 0 Å². The van der Waals surface area contributed by atoms with Crippen LogP contribution >= 0.6 is 11.6 Å². The molecule has 14 heavy (non-hydrogen) atoms. The average Bonchev–Trinajstić information content (AvgIpc) is 2.18. The predicted octanol–water partition coefficient (Wildman–Crippen LogP) is 1.12. The van der Waals surface area contributed by atoms with Crippen LogP contribution in [0.4, 0.5) is 5.69 Å². The van der Waals surface area contributed by atoms with E-state index in [4.69, 9.17) is 16.7 Å². The van der Waals surface area contributed by atoms with Gasteiger partial charge in [0.1, 0.15) is 5.21 Å². The molecule has 0 aliphatic heterocycles. The fourth-order valence-electron chi connectivity index (χ4n) is 0.953. The van der Waals surface area contributed by atoms with Crippen LogP contribution in [0.2, 0.25) is 0 Å². The predicted molar refractivity (Wildman–Crippen MR) is 55.6 cm³/mol. The fourth-order valence-corrected chi connectivity index (χ4v) is 1.70. The molecule has 0 aromatic heterocycles. The third-order valence-electron chi connectivity index (χ3n) is 1.60. The van der Waals surface area contributed by atoms with Crippen LogP contribution in [0.5, 0.6) is 0 Å². The van der Waals surface area contributed by atoms with Crippen molar-refractivity contribution < 1.29 is 13.5 Å².